The Morgan fingerprint density at radius 2 is 1.78 bits per heavy atom. The van der Waals surface area contributed by atoms with Crippen LogP contribution in [0.2, 0.25) is 5.02 Å². The Labute approximate surface area is 218 Å². The van der Waals surface area contributed by atoms with Gasteiger partial charge in [0.05, 0.1) is 28.1 Å². The third kappa shape index (κ3) is 3.72. The number of thiazole rings is 1. The number of rotatable bonds is 4. The summed E-state index contributed by atoms with van der Waals surface area (Å²) in [6.07, 6.45) is 1.19. The van der Waals surface area contributed by atoms with Crippen LogP contribution in [0, 0.1) is 0 Å². The molecule has 11 heteroatoms. The van der Waals surface area contributed by atoms with Crippen molar-refractivity contribution >= 4 is 54.8 Å². The first kappa shape index (κ1) is 23.4. The lowest BCUT2D eigenvalue weighted by atomic mass is 9.99. The highest BCUT2D eigenvalue weighted by molar-refractivity contribution is 7.93. The maximum absolute atomic E-state index is 13.7. The Hall–Kier alpha value is -3.99. The fourth-order valence-corrected chi connectivity index (χ4v) is 7.12. The lowest BCUT2D eigenvalue weighted by molar-refractivity contribution is 0.0971. The number of phenols is 1. The number of amides is 1. The first-order valence-corrected chi connectivity index (χ1v) is 13.6. The Balaban J connectivity index is 1.56. The molecule has 0 fully saturated rings. The molecule has 2 aromatic heterocycles. The average Bonchev–Trinajstić information content (AvgIpc) is 3.48. The van der Waals surface area contributed by atoms with Gasteiger partial charge in [0.25, 0.3) is 5.91 Å². The van der Waals surface area contributed by atoms with E-state index in [2.05, 4.69) is 4.98 Å². The molecular weight excluding hydrogens is 536 g/mol. The standard InChI is InChI=1S/C26H15ClN2O6S2/c27-15-6-4-5-14(11-15)22-21-23(31)18-10-9-16(30)12-19(18)35-24(21)25(32)29(22)26-28-13-20(36-26)37(33,34)17-7-2-1-3-8-17/h1-13,22,30H. The summed E-state index contributed by atoms with van der Waals surface area (Å²) in [4.78, 5) is 32.9. The van der Waals surface area contributed by atoms with Crippen LogP contribution in [0.5, 0.6) is 5.75 Å². The number of phenolic OH excluding ortho intramolecular Hbond substituents is 1. The Kier molecular flexibility index (Phi) is 5.41. The van der Waals surface area contributed by atoms with Gasteiger partial charge in [0.15, 0.2) is 10.6 Å². The van der Waals surface area contributed by atoms with Gasteiger partial charge >= 0.3 is 0 Å². The van der Waals surface area contributed by atoms with Gasteiger partial charge in [-0.15, -0.1) is 0 Å². The smallest absolute Gasteiger partial charge is 0.297 e. The first-order valence-electron chi connectivity index (χ1n) is 10.9. The second kappa shape index (κ2) is 8.55. The third-order valence-electron chi connectivity index (χ3n) is 6.02. The zero-order valence-corrected chi connectivity index (χ0v) is 21.0. The number of fused-ring (bicyclic) bond motifs is 2. The monoisotopic (exact) mass is 550 g/mol. The van der Waals surface area contributed by atoms with Gasteiger partial charge in [0, 0.05) is 11.1 Å². The van der Waals surface area contributed by atoms with E-state index in [1.165, 1.54) is 41.4 Å². The Morgan fingerprint density at radius 1 is 1.00 bits per heavy atom. The SMILES string of the molecule is O=C1c2oc3cc(O)ccc3c(=O)c2C(c2cccc(Cl)c2)N1c1ncc(S(=O)(=O)c2ccccc2)s1. The molecule has 3 heterocycles. The van der Waals surface area contributed by atoms with Crippen LogP contribution in [0.15, 0.2) is 97.3 Å². The minimum Gasteiger partial charge on any atom is -0.508 e. The van der Waals surface area contributed by atoms with Crippen molar-refractivity contribution < 1.29 is 22.7 Å². The van der Waals surface area contributed by atoms with Gasteiger partial charge in [-0.2, -0.15) is 0 Å². The van der Waals surface area contributed by atoms with E-state index in [9.17, 15) is 23.1 Å². The molecule has 1 aliphatic heterocycles. The van der Waals surface area contributed by atoms with Crippen LogP contribution < -0.4 is 10.3 Å². The van der Waals surface area contributed by atoms with E-state index in [-0.39, 0.29) is 42.3 Å². The molecule has 8 nitrogen and oxygen atoms in total. The van der Waals surface area contributed by atoms with Crippen LogP contribution in [0.25, 0.3) is 11.0 Å². The highest BCUT2D eigenvalue weighted by Gasteiger charge is 2.45. The number of hydrogen-bond acceptors (Lipinski definition) is 8. The fourth-order valence-electron chi connectivity index (χ4n) is 4.35. The number of benzene rings is 3. The van der Waals surface area contributed by atoms with Crippen molar-refractivity contribution in [1.82, 2.24) is 4.98 Å². The molecule has 0 bridgehead atoms. The largest absolute Gasteiger partial charge is 0.508 e. The number of sulfone groups is 1. The van der Waals surface area contributed by atoms with E-state index >= 15 is 0 Å². The van der Waals surface area contributed by atoms with Crippen molar-refractivity contribution in [2.24, 2.45) is 0 Å². The van der Waals surface area contributed by atoms with Crippen LogP contribution >= 0.6 is 22.9 Å². The van der Waals surface area contributed by atoms with E-state index in [1.54, 1.807) is 42.5 Å². The molecule has 1 aliphatic rings. The molecule has 1 unspecified atom stereocenters. The van der Waals surface area contributed by atoms with Gasteiger partial charge in [0.2, 0.25) is 15.6 Å². The predicted octanol–water partition coefficient (Wildman–Crippen LogP) is 5.19. The van der Waals surface area contributed by atoms with Crippen LogP contribution in [-0.4, -0.2) is 24.4 Å². The van der Waals surface area contributed by atoms with Crippen LogP contribution in [0.4, 0.5) is 5.13 Å². The molecule has 3 aromatic carbocycles. The summed E-state index contributed by atoms with van der Waals surface area (Å²) in [5, 5.41) is 10.5. The number of halogens is 1. The van der Waals surface area contributed by atoms with E-state index in [0.717, 1.165) is 11.3 Å². The summed E-state index contributed by atoms with van der Waals surface area (Å²) in [6.45, 7) is 0. The summed E-state index contributed by atoms with van der Waals surface area (Å²) >= 11 is 7.05. The molecule has 5 aromatic rings. The Bertz CT molecular complexity index is 1880. The van der Waals surface area contributed by atoms with E-state index in [0.29, 0.717) is 10.6 Å². The zero-order chi connectivity index (χ0) is 25.9. The number of anilines is 1. The van der Waals surface area contributed by atoms with Gasteiger partial charge in [-0.25, -0.2) is 13.4 Å². The predicted molar refractivity (Wildman–Crippen MR) is 138 cm³/mol. The fraction of sp³-hybridized carbons (Fsp3) is 0.0385. The summed E-state index contributed by atoms with van der Waals surface area (Å²) in [6, 6.07) is 17.6. The van der Waals surface area contributed by atoms with Gasteiger partial charge in [-0.05, 0) is 42.0 Å². The van der Waals surface area contributed by atoms with Gasteiger partial charge in [-0.1, -0.05) is 53.3 Å². The van der Waals surface area contributed by atoms with Gasteiger partial charge in [0.1, 0.15) is 15.5 Å². The van der Waals surface area contributed by atoms with Crippen LogP contribution in [0.1, 0.15) is 27.7 Å². The molecule has 1 amide bonds. The second-order valence-electron chi connectivity index (χ2n) is 8.27. The summed E-state index contributed by atoms with van der Waals surface area (Å²) in [7, 11) is -3.88. The summed E-state index contributed by atoms with van der Waals surface area (Å²) in [5.41, 5.74) is 0.196. The molecule has 6 rings (SSSR count). The molecule has 0 aliphatic carbocycles. The highest BCUT2D eigenvalue weighted by Crippen LogP contribution is 2.44. The van der Waals surface area contributed by atoms with Crippen molar-refractivity contribution in [1.29, 1.82) is 0 Å². The topological polar surface area (TPSA) is 118 Å². The molecule has 0 saturated heterocycles. The van der Waals surface area contributed by atoms with Crippen molar-refractivity contribution in [2.45, 2.75) is 15.1 Å². The van der Waals surface area contributed by atoms with Crippen LogP contribution in [0.3, 0.4) is 0 Å². The maximum Gasteiger partial charge on any atom is 0.297 e. The van der Waals surface area contributed by atoms with Crippen molar-refractivity contribution in [2.75, 3.05) is 4.90 Å². The molecule has 1 atom stereocenters. The first-order chi connectivity index (χ1) is 17.8. The van der Waals surface area contributed by atoms with Gasteiger partial charge in [-0.3, -0.25) is 14.5 Å². The normalized spacial score (nSPS) is 15.3. The molecule has 0 saturated carbocycles. The summed E-state index contributed by atoms with van der Waals surface area (Å²) in [5.74, 6) is -1.00. The summed E-state index contributed by atoms with van der Waals surface area (Å²) < 4.78 is 32.1. The lowest BCUT2D eigenvalue weighted by Gasteiger charge is -2.22. The minimum atomic E-state index is -3.88. The number of carbonyl (C=O) groups is 1. The maximum atomic E-state index is 13.7. The molecule has 37 heavy (non-hydrogen) atoms. The molecule has 1 N–H and O–H groups in total. The van der Waals surface area contributed by atoms with E-state index in [1.807, 2.05) is 0 Å². The van der Waals surface area contributed by atoms with Crippen molar-refractivity contribution in [3.63, 3.8) is 0 Å². The minimum absolute atomic E-state index is 0.0512. The van der Waals surface area contributed by atoms with E-state index in [4.69, 9.17) is 16.0 Å². The number of carbonyl (C=O) groups excluding carboxylic acids is 1. The second-order valence-corrected chi connectivity index (χ2v) is 11.9. The van der Waals surface area contributed by atoms with Crippen molar-refractivity contribution in [3.8, 4) is 5.75 Å². The van der Waals surface area contributed by atoms with Crippen LogP contribution in [-0.2, 0) is 9.84 Å². The third-order valence-corrected chi connectivity index (χ3v) is 9.48. The number of aromatic hydroxyl groups is 1. The Morgan fingerprint density at radius 3 is 2.54 bits per heavy atom. The zero-order valence-electron chi connectivity index (χ0n) is 18.7. The van der Waals surface area contributed by atoms with Crippen molar-refractivity contribution in [3.05, 3.63) is 111 Å². The van der Waals surface area contributed by atoms with Gasteiger partial charge < -0.3 is 9.52 Å². The quantitative estimate of drug-likeness (QED) is 0.327. The van der Waals surface area contributed by atoms with E-state index < -0.39 is 27.2 Å². The number of aromatic nitrogens is 1. The molecular formula is C26H15ClN2O6S2. The molecule has 0 radical (unpaired) electrons. The average molecular weight is 551 g/mol. The number of hydrogen-bond donors (Lipinski definition) is 1. The number of nitrogens with zero attached hydrogens (tertiary/aromatic N) is 2. The molecule has 0 spiro atoms. The molecule has 184 valence electrons. The lowest BCUT2D eigenvalue weighted by Crippen LogP contribution is -2.29. The highest BCUT2D eigenvalue weighted by atomic mass is 35.5.